The highest BCUT2D eigenvalue weighted by Gasteiger charge is 2.48. The van der Waals surface area contributed by atoms with Gasteiger partial charge in [0.1, 0.15) is 5.82 Å². The molecule has 3 unspecified atom stereocenters. The highest BCUT2D eigenvalue weighted by Crippen LogP contribution is 2.47. The van der Waals surface area contributed by atoms with Gasteiger partial charge in [-0.3, -0.25) is 14.5 Å². The van der Waals surface area contributed by atoms with E-state index in [0.29, 0.717) is 36.7 Å². The number of aliphatic carboxylic acids is 1. The molecule has 2 aliphatic rings. The molecule has 0 saturated carbocycles. The van der Waals surface area contributed by atoms with Crippen LogP contribution in [-0.4, -0.2) is 59.8 Å². The summed E-state index contributed by atoms with van der Waals surface area (Å²) in [6, 6.07) is 10.9. The summed E-state index contributed by atoms with van der Waals surface area (Å²) in [5.41, 5.74) is 1.51. The van der Waals surface area contributed by atoms with Crippen LogP contribution >= 0.6 is 0 Å². The number of nitrogens with zero attached hydrogens (tertiary/aromatic N) is 2. The van der Waals surface area contributed by atoms with Crippen molar-refractivity contribution in [3.8, 4) is 11.5 Å². The lowest BCUT2D eigenvalue weighted by Crippen LogP contribution is -2.42. The lowest BCUT2D eigenvalue weighted by atomic mass is 9.83. The second-order valence-electron chi connectivity index (χ2n) is 9.60. The average Bonchev–Trinajstić information content (AvgIpc) is 3.49. The van der Waals surface area contributed by atoms with Crippen LogP contribution in [0.3, 0.4) is 0 Å². The lowest BCUT2D eigenvalue weighted by Gasteiger charge is -2.30. The van der Waals surface area contributed by atoms with Crippen LogP contribution in [0, 0.1) is 11.7 Å². The molecule has 1 N–H and O–H groups in total. The zero-order valence-electron chi connectivity index (χ0n) is 21.0. The van der Waals surface area contributed by atoms with E-state index in [9.17, 15) is 19.1 Å². The molecule has 0 aliphatic carbocycles. The van der Waals surface area contributed by atoms with E-state index in [1.54, 1.807) is 18.2 Å². The number of carbonyl (C=O) groups excluding carboxylic acids is 1. The molecule has 0 bridgehead atoms. The molecule has 0 aromatic heterocycles. The molecule has 7 nitrogen and oxygen atoms in total. The minimum absolute atomic E-state index is 0.000475. The van der Waals surface area contributed by atoms with Crippen molar-refractivity contribution in [2.24, 2.45) is 5.92 Å². The quantitative estimate of drug-likeness (QED) is 0.478. The summed E-state index contributed by atoms with van der Waals surface area (Å²) in [5.74, 6) is -1.30. The Morgan fingerprint density at radius 2 is 1.64 bits per heavy atom. The van der Waals surface area contributed by atoms with Gasteiger partial charge in [0, 0.05) is 31.6 Å². The first-order valence-corrected chi connectivity index (χ1v) is 12.8. The Balaban J connectivity index is 1.66. The van der Waals surface area contributed by atoms with Gasteiger partial charge < -0.3 is 19.5 Å². The number of rotatable bonds is 11. The predicted molar refractivity (Wildman–Crippen MR) is 134 cm³/mol. The summed E-state index contributed by atoms with van der Waals surface area (Å²) in [6.45, 7) is 6.22. The predicted octanol–water partition coefficient (Wildman–Crippen LogP) is 4.82. The molecule has 3 atom stereocenters. The normalized spacial score (nSPS) is 21.0. The van der Waals surface area contributed by atoms with Gasteiger partial charge in [0.2, 0.25) is 12.7 Å². The molecule has 2 aliphatic heterocycles. The zero-order chi connectivity index (χ0) is 25.7. The van der Waals surface area contributed by atoms with Crippen molar-refractivity contribution in [3.63, 3.8) is 0 Å². The summed E-state index contributed by atoms with van der Waals surface area (Å²) in [7, 11) is 0. The standard InChI is InChI=1S/C28H35FN2O5/c1-3-5-13-30(14-6-4-2)25(32)17-31-16-22(20-9-12-23-24(15-20)36-18-35-23)26(28(33)34)27(31)19-7-10-21(29)11-8-19/h7-12,15,22,26-27H,3-6,13-14,16-18H2,1-2H3,(H,33,34). The van der Waals surface area contributed by atoms with Crippen molar-refractivity contribution in [1.29, 1.82) is 0 Å². The van der Waals surface area contributed by atoms with Crippen LogP contribution < -0.4 is 9.47 Å². The van der Waals surface area contributed by atoms with Crippen LogP contribution in [0.1, 0.15) is 62.6 Å². The molecular formula is C28H35FN2O5. The number of hydrogen-bond acceptors (Lipinski definition) is 5. The Kier molecular flexibility index (Phi) is 8.46. The van der Waals surface area contributed by atoms with Crippen molar-refractivity contribution >= 4 is 11.9 Å². The molecule has 2 aromatic rings. The lowest BCUT2D eigenvalue weighted by molar-refractivity contribution is -0.144. The van der Waals surface area contributed by atoms with Crippen LogP contribution in [0.25, 0.3) is 0 Å². The van der Waals surface area contributed by atoms with Crippen LogP contribution in [0.15, 0.2) is 42.5 Å². The summed E-state index contributed by atoms with van der Waals surface area (Å²) in [6.07, 6.45) is 3.83. The van der Waals surface area contributed by atoms with E-state index in [1.807, 2.05) is 21.9 Å². The third kappa shape index (κ3) is 5.64. The van der Waals surface area contributed by atoms with Gasteiger partial charge in [-0.25, -0.2) is 4.39 Å². The van der Waals surface area contributed by atoms with E-state index in [1.165, 1.54) is 12.1 Å². The van der Waals surface area contributed by atoms with E-state index >= 15 is 0 Å². The van der Waals surface area contributed by atoms with Gasteiger partial charge >= 0.3 is 5.97 Å². The van der Waals surface area contributed by atoms with Gasteiger partial charge in [-0.05, 0) is 48.2 Å². The van der Waals surface area contributed by atoms with E-state index in [0.717, 1.165) is 31.2 Å². The fourth-order valence-corrected chi connectivity index (χ4v) is 5.26. The highest BCUT2D eigenvalue weighted by molar-refractivity contribution is 5.79. The largest absolute Gasteiger partial charge is 0.481 e. The molecule has 1 fully saturated rings. The van der Waals surface area contributed by atoms with Crippen LogP contribution in [0.4, 0.5) is 4.39 Å². The molecule has 0 radical (unpaired) electrons. The first-order chi connectivity index (χ1) is 17.4. The zero-order valence-corrected chi connectivity index (χ0v) is 21.0. The van der Waals surface area contributed by atoms with Crippen LogP contribution in [0.5, 0.6) is 11.5 Å². The molecule has 0 spiro atoms. The number of unbranched alkanes of at least 4 members (excludes halogenated alkanes) is 2. The van der Waals surface area contributed by atoms with E-state index in [2.05, 4.69) is 13.8 Å². The van der Waals surface area contributed by atoms with Crippen molar-refractivity contribution in [1.82, 2.24) is 9.80 Å². The number of fused-ring (bicyclic) bond motifs is 1. The summed E-state index contributed by atoms with van der Waals surface area (Å²) in [4.78, 5) is 30.0. The van der Waals surface area contributed by atoms with Gasteiger partial charge in [-0.1, -0.05) is 44.9 Å². The first kappa shape index (κ1) is 25.9. The topological polar surface area (TPSA) is 79.3 Å². The van der Waals surface area contributed by atoms with E-state index < -0.39 is 17.9 Å². The maximum atomic E-state index is 13.7. The fourth-order valence-electron chi connectivity index (χ4n) is 5.26. The van der Waals surface area contributed by atoms with Crippen LogP contribution in [-0.2, 0) is 9.59 Å². The Bertz CT molecular complexity index is 1050. The number of carboxylic acids is 1. The second-order valence-corrected chi connectivity index (χ2v) is 9.60. The van der Waals surface area contributed by atoms with Gasteiger partial charge in [0.15, 0.2) is 11.5 Å². The Hall–Kier alpha value is -3.13. The monoisotopic (exact) mass is 498 g/mol. The summed E-state index contributed by atoms with van der Waals surface area (Å²) >= 11 is 0. The highest BCUT2D eigenvalue weighted by atomic mass is 19.1. The Morgan fingerprint density at radius 1 is 1.00 bits per heavy atom. The molecule has 36 heavy (non-hydrogen) atoms. The number of hydrogen-bond donors (Lipinski definition) is 1. The number of amides is 1. The van der Waals surface area contributed by atoms with E-state index in [4.69, 9.17) is 9.47 Å². The molecule has 8 heteroatoms. The molecule has 4 rings (SSSR count). The second kappa shape index (κ2) is 11.7. The van der Waals surface area contributed by atoms with Gasteiger partial charge in [-0.2, -0.15) is 0 Å². The number of likely N-dealkylation sites (tertiary alicyclic amines) is 1. The minimum Gasteiger partial charge on any atom is -0.481 e. The third-order valence-corrected chi connectivity index (χ3v) is 7.17. The maximum Gasteiger partial charge on any atom is 0.309 e. The van der Waals surface area contributed by atoms with Crippen molar-refractivity contribution < 1.29 is 28.6 Å². The smallest absolute Gasteiger partial charge is 0.309 e. The fraction of sp³-hybridized carbons (Fsp3) is 0.500. The molecular weight excluding hydrogens is 463 g/mol. The SMILES string of the molecule is CCCCN(CCCC)C(=O)CN1CC(c2ccc3c(c2)OCO3)C(C(=O)O)C1c1ccc(F)cc1. The number of carboxylic acid groups (broad SMARTS) is 1. The number of carbonyl (C=O) groups is 2. The van der Waals surface area contributed by atoms with Crippen molar-refractivity contribution in [3.05, 3.63) is 59.4 Å². The molecule has 1 amide bonds. The molecule has 194 valence electrons. The molecule has 2 aromatic carbocycles. The maximum absolute atomic E-state index is 13.7. The van der Waals surface area contributed by atoms with Crippen molar-refractivity contribution in [2.45, 2.75) is 51.5 Å². The van der Waals surface area contributed by atoms with Gasteiger partial charge in [0.05, 0.1) is 12.5 Å². The number of benzene rings is 2. The Morgan fingerprint density at radius 3 is 2.28 bits per heavy atom. The Labute approximate surface area is 211 Å². The summed E-state index contributed by atoms with van der Waals surface area (Å²) in [5, 5.41) is 10.4. The molecule has 2 heterocycles. The number of halogens is 1. The van der Waals surface area contributed by atoms with Gasteiger partial charge in [0.25, 0.3) is 0 Å². The third-order valence-electron chi connectivity index (χ3n) is 7.17. The molecule has 1 saturated heterocycles. The summed E-state index contributed by atoms with van der Waals surface area (Å²) < 4.78 is 24.7. The minimum atomic E-state index is -0.948. The van der Waals surface area contributed by atoms with Crippen molar-refractivity contribution in [2.75, 3.05) is 33.0 Å². The first-order valence-electron chi connectivity index (χ1n) is 12.8. The van der Waals surface area contributed by atoms with Gasteiger partial charge in [-0.15, -0.1) is 0 Å². The van der Waals surface area contributed by atoms with Crippen LogP contribution in [0.2, 0.25) is 0 Å². The van der Waals surface area contributed by atoms with E-state index in [-0.39, 0.29) is 31.0 Å². The number of ether oxygens (including phenoxy) is 2. The average molecular weight is 499 g/mol.